The van der Waals surface area contributed by atoms with Crippen molar-refractivity contribution in [3.8, 4) is 0 Å². The highest BCUT2D eigenvalue weighted by atomic mass is 19.1. The van der Waals surface area contributed by atoms with Gasteiger partial charge in [0, 0.05) is 26.1 Å². The van der Waals surface area contributed by atoms with Crippen molar-refractivity contribution in [3.63, 3.8) is 0 Å². The molecule has 20 heavy (non-hydrogen) atoms. The van der Waals surface area contributed by atoms with E-state index in [9.17, 15) is 14.0 Å². The summed E-state index contributed by atoms with van der Waals surface area (Å²) in [5.41, 5.74) is 0.185. The zero-order chi connectivity index (χ0) is 14.5. The highest BCUT2D eigenvalue weighted by molar-refractivity contribution is 5.90. The second kappa shape index (κ2) is 6.47. The maximum Gasteiger partial charge on any atom is 0.303 e. The molecule has 0 unspecified atom stereocenters. The summed E-state index contributed by atoms with van der Waals surface area (Å²) in [7, 11) is 0. The molecule has 6 heteroatoms. The summed E-state index contributed by atoms with van der Waals surface area (Å²) in [6.07, 6.45) is 0.450. The zero-order valence-electron chi connectivity index (χ0n) is 11.0. The minimum Gasteiger partial charge on any atom is -0.481 e. The fourth-order valence-corrected chi connectivity index (χ4v) is 2.27. The summed E-state index contributed by atoms with van der Waals surface area (Å²) < 4.78 is 13.3. The summed E-state index contributed by atoms with van der Waals surface area (Å²) in [5, 5.41) is 11.1. The Hall–Kier alpha value is -1.95. The number of carboxylic acid groups (broad SMARTS) is 1. The topological polar surface area (TPSA) is 69.6 Å². The van der Waals surface area contributed by atoms with Crippen molar-refractivity contribution in [1.29, 1.82) is 0 Å². The van der Waals surface area contributed by atoms with Crippen molar-refractivity contribution in [2.45, 2.75) is 12.8 Å². The number of nitrogens with one attached hydrogen (secondary N) is 1. The number of carboxylic acids is 1. The maximum absolute atomic E-state index is 13.3. The van der Waals surface area contributed by atoms with Crippen molar-refractivity contribution in [1.82, 2.24) is 4.90 Å². The van der Waals surface area contributed by atoms with Crippen LogP contribution in [0, 0.1) is 11.7 Å². The molecule has 1 fully saturated rings. The summed E-state index contributed by atoms with van der Waals surface area (Å²) >= 11 is 0. The number of hydrogen-bond donors (Lipinski definition) is 2. The third-order valence-corrected chi connectivity index (χ3v) is 3.30. The van der Waals surface area contributed by atoms with Gasteiger partial charge in [0.2, 0.25) is 5.91 Å². The molecule has 0 radical (unpaired) electrons. The van der Waals surface area contributed by atoms with Crippen LogP contribution >= 0.6 is 0 Å². The lowest BCUT2D eigenvalue weighted by molar-refractivity contribution is -0.139. The molecule has 1 aromatic carbocycles. The molecule has 0 aromatic heterocycles. The Morgan fingerprint density at radius 2 is 2.05 bits per heavy atom. The van der Waals surface area contributed by atoms with E-state index >= 15 is 0 Å². The Labute approximate surface area is 116 Å². The first-order valence-electron chi connectivity index (χ1n) is 6.53. The molecule has 0 spiro atoms. The molecule has 108 valence electrons. The van der Waals surface area contributed by atoms with E-state index in [4.69, 9.17) is 5.11 Å². The molecule has 1 amide bonds. The molecule has 5 nitrogen and oxygen atoms in total. The number of anilines is 1. The first kappa shape index (κ1) is 14.5. The van der Waals surface area contributed by atoms with Gasteiger partial charge in [-0.2, -0.15) is 0 Å². The lowest BCUT2D eigenvalue weighted by atomic mass is 9.96. The Morgan fingerprint density at radius 1 is 1.35 bits per heavy atom. The zero-order valence-corrected chi connectivity index (χ0v) is 11.0. The van der Waals surface area contributed by atoms with E-state index in [2.05, 4.69) is 5.32 Å². The number of nitrogens with zero attached hydrogens (tertiary/aromatic N) is 1. The SMILES string of the molecule is O=C(O)CC1CN(CCC(=O)Nc2ccccc2F)C1. The molecule has 2 rings (SSSR count). The number of carbonyl (C=O) groups is 2. The third kappa shape index (κ3) is 4.03. The minimum absolute atomic E-state index is 0.178. The maximum atomic E-state index is 13.3. The Kier molecular flexibility index (Phi) is 4.68. The molecule has 1 aliphatic heterocycles. The van der Waals surface area contributed by atoms with Crippen molar-refractivity contribution >= 4 is 17.6 Å². The van der Waals surface area contributed by atoms with Crippen molar-refractivity contribution < 1.29 is 19.1 Å². The molecule has 0 saturated carbocycles. The van der Waals surface area contributed by atoms with Gasteiger partial charge in [0.15, 0.2) is 0 Å². The first-order valence-corrected chi connectivity index (χ1v) is 6.53. The normalized spacial score (nSPS) is 15.7. The van der Waals surface area contributed by atoms with Crippen LogP contribution in [0.3, 0.4) is 0 Å². The quantitative estimate of drug-likeness (QED) is 0.829. The highest BCUT2D eigenvalue weighted by Gasteiger charge is 2.28. The number of aliphatic carboxylic acids is 1. The molecule has 0 atom stereocenters. The summed E-state index contributed by atoms with van der Waals surface area (Å²) in [5.74, 6) is -1.29. The Bertz CT molecular complexity index is 501. The molecular formula is C14H17FN2O3. The van der Waals surface area contributed by atoms with Crippen molar-refractivity contribution in [2.75, 3.05) is 25.0 Å². The number of hydrogen-bond acceptors (Lipinski definition) is 3. The van der Waals surface area contributed by atoms with Gasteiger partial charge in [0.25, 0.3) is 0 Å². The third-order valence-electron chi connectivity index (χ3n) is 3.30. The lowest BCUT2D eigenvalue weighted by Gasteiger charge is -2.38. The van der Waals surface area contributed by atoms with E-state index in [0.29, 0.717) is 19.6 Å². The molecule has 1 aliphatic rings. The molecule has 1 saturated heterocycles. The number of para-hydroxylation sites is 1. The smallest absolute Gasteiger partial charge is 0.303 e. The van der Waals surface area contributed by atoms with Crippen LogP contribution in [-0.4, -0.2) is 41.5 Å². The Balaban J connectivity index is 1.67. The highest BCUT2D eigenvalue weighted by Crippen LogP contribution is 2.19. The predicted octanol–water partition coefficient (Wildman–Crippen LogP) is 1.56. The van der Waals surface area contributed by atoms with E-state index in [1.807, 2.05) is 4.90 Å². The number of halogens is 1. The van der Waals surface area contributed by atoms with E-state index < -0.39 is 11.8 Å². The van der Waals surface area contributed by atoms with Crippen LogP contribution in [0.2, 0.25) is 0 Å². The van der Waals surface area contributed by atoms with E-state index in [1.165, 1.54) is 12.1 Å². The van der Waals surface area contributed by atoms with Gasteiger partial charge in [-0.25, -0.2) is 4.39 Å². The van der Waals surface area contributed by atoms with E-state index in [0.717, 1.165) is 0 Å². The molecule has 1 heterocycles. The van der Waals surface area contributed by atoms with Gasteiger partial charge < -0.3 is 15.3 Å². The van der Waals surface area contributed by atoms with Gasteiger partial charge in [0.05, 0.1) is 12.1 Å². The Morgan fingerprint density at radius 3 is 2.70 bits per heavy atom. The first-order chi connectivity index (χ1) is 9.54. The van der Waals surface area contributed by atoms with Gasteiger partial charge >= 0.3 is 5.97 Å². The van der Waals surface area contributed by atoms with Crippen LogP contribution < -0.4 is 5.32 Å². The number of benzene rings is 1. The monoisotopic (exact) mass is 280 g/mol. The summed E-state index contributed by atoms with van der Waals surface area (Å²) in [4.78, 5) is 24.2. The van der Waals surface area contributed by atoms with Crippen molar-refractivity contribution in [3.05, 3.63) is 30.1 Å². The summed E-state index contributed by atoms with van der Waals surface area (Å²) in [6, 6.07) is 6.03. The van der Waals surface area contributed by atoms with Crippen molar-refractivity contribution in [2.24, 2.45) is 5.92 Å². The van der Waals surface area contributed by atoms with E-state index in [-0.39, 0.29) is 30.4 Å². The number of likely N-dealkylation sites (tertiary alicyclic amines) is 1. The summed E-state index contributed by atoms with van der Waals surface area (Å²) in [6.45, 7) is 1.98. The molecule has 0 bridgehead atoms. The minimum atomic E-state index is -0.785. The lowest BCUT2D eigenvalue weighted by Crippen LogP contribution is -2.48. The largest absolute Gasteiger partial charge is 0.481 e. The number of carbonyl (C=O) groups excluding carboxylic acids is 1. The van der Waals surface area contributed by atoms with Crippen LogP contribution in [0.5, 0.6) is 0 Å². The molecule has 1 aromatic rings. The average molecular weight is 280 g/mol. The predicted molar refractivity (Wildman–Crippen MR) is 71.8 cm³/mol. The van der Waals surface area contributed by atoms with Gasteiger partial charge in [-0.05, 0) is 18.1 Å². The molecule has 0 aliphatic carbocycles. The van der Waals surface area contributed by atoms with Gasteiger partial charge in [-0.1, -0.05) is 12.1 Å². The van der Waals surface area contributed by atoms with Gasteiger partial charge in [-0.15, -0.1) is 0 Å². The van der Waals surface area contributed by atoms with E-state index in [1.54, 1.807) is 12.1 Å². The number of rotatable bonds is 6. The second-order valence-electron chi connectivity index (χ2n) is 5.00. The molecule has 2 N–H and O–H groups in total. The van der Waals surface area contributed by atoms with Gasteiger partial charge in [0.1, 0.15) is 5.82 Å². The number of amides is 1. The second-order valence-corrected chi connectivity index (χ2v) is 5.00. The van der Waals surface area contributed by atoms with Crippen LogP contribution in [0.1, 0.15) is 12.8 Å². The fraction of sp³-hybridized carbons (Fsp3) is 0.429. The van der Waals surface area contributed by atoms with Crippen LogP contribution in [0.4, 0.5) is 10.1 Å². The molecular weight excluding hydrogens is 263 g/mol. The van der Waals surface area contributed by atoms with Gasteiger partial charge in [-0.3, -0.25) is 9.59 Å². The van der Waals surface area contributed by atoms with Crippen LogP contribution in [0.15, 0.2) is 24.3 Å². The van der Waals surface area contributed by atoms with Crippen LogP contribution in [0.25, 0.3) is 0 Å². The average Bonchev–Trinajstić information content (AvgIpc) is 2.34. The fourth-order valence-electron chi connectivity index (χ4n) is 2.27. The standard InChI is InChI=1S/C14H17FN2O3/c15-11-3-1-2-4-12(11)16-13(18)5-6-17-8-10(9-17)7-14(19)20/h1-4,10H,5-9H2,(H,16,18)(H,19,20). The van der Waals surface area contributed by atoms with Crippen LogP contribution in [-0.2, 0) is 9.59 Å².